The van der Waals surface area contributed by atoms with Gasteiger partial charge in [0.25, 0.3) is 0 Å². The van der Waals surface area contributed by atoms with Gasteiger partial charge in [0.05, 0.1) is 5.25 Å². The summed E-state index contributed by atoms with van der Waals surface area (Å²) in [6, 6.07) is 0.0330. The summed E-state index contributed by atoms with van der Waals surface area (Å²) < 4.78 is 24.7. The summed E-state index contributed by atoms with van der Waals surface area (Å²) in [5.41, 5.74) is 0. The van der Waals surface area contributed by atoms with E-state index in [1.165, 1.54) is 0 Å². The Morgan fingerprint density at radius 1 is 1.29 bits per heavy atom. The molecule has 0 amide bonds. The van der Waals surface area contributed by atoms with Crippen molar-refractivity contribution in [2.75, 3.05) is 0 Å². The molecule has 0 bridgehead atoms. The van der Waals surface area contributed by atoms with Gasteiger partial charge in [-0.2, -0.15) is 0 Å². The van der Waals surface area contributed by atoms with Crippen molar-refractivity contribution in [3.63, 3.8) is 0 Å². The normalized spacial score (nSPS) is 14.6. The molecular formula is C6H20N2O4S2. The Kier molecular flexibility index (Phi) is 11.9. The number of hydrogen-bond donors (Lipinski definition) is 3. The van der Waals surface area contributed by atoms with Gasteiger partial charge in [-0.05, 0) is 26.7 Å². The molecule has 8 heteroatoms. The number of nitrogens with two attached hydrogens (primary N) is 1. The van der Waals surface area contributed by atoms with Crippen molar-refractivity contribution in [2.45, 2.75) is 38.0 Å². The monoisotopic (exact) mass is 248 g/mol. The summed E-state index contributed by atoms with van der Waals surface area (Å²) in [5.74, 6) is 0. The Morgan fingerprint density at radius 3 is 1.86 bits per heavy atom. The first kappa shape index (κ1) is 19.7. The summed E-state index contributed by atoms with van der Waals surface area (Å²) in [4.78, 5) is 0. The molecule has 0 spiro atoms. The van der Waals surface area contributed by atoms with Crippen molar-refractivity contribution < 1.29 is 19.4 Å². The lowest BCUT2D eigenvalue weighted by Crippen LogP contribution is -2.32. The average molecular weight is 248 g/mol. The molecular weight excluding hydrogens is 228 g/mol. The van der Waals surface area contributed by atoms with Crippen molar-refractivity contribution in [1.82, 2.24) is 4.72 Å². The molecule has 1 fully saturated rings. The van der Waals surface area contributed by atoms with Gasteiger partial charge in [0.15, 0.2) is 0 Å². The fourth-order valence-corrected chi connectivity index (χ4v) is 2.41. The van der Waals surface area contributed by atoms with Crippen LogP contribution in [0.5, 0.6) is 0 Å². The predicted octanol–water partition coefficient (Wildman–Crippen LogP) is -1.38. The van der Waals surface area contributed by atoms with Crippen molar-refractivity contribution in [1.29, 1.82) is 0 Å². The molecule has 0 saturated heterocycles. The van der Waals surface area contributed by atoms with Gasteiger partial charge in [0.2, 0.25) is 10.0 Å². The third-order valence-electron chi connectivity index (χ3n) is 1.36. The second kappa shape index (κ2) is 8.45. The average Bonchev–Trinajstić information content (AvgIpc) is 2.69. The van der Waals surface area contributed by atoms with Crippen LogP contribution in [0.15, 0.2) is 0 Å². The van der Waals surface area contributed by atoms with Crippen LogP contribution < -0.4 is 9.86 Å². The van der Waals surface area contributed by atoms with Gasteiger partial charge in [-0.25, -0.2) is 13.1 Å². The molecule has 0 aromatic rings. The standard InChI is InChI=1S/C6H13NO2S.H3NS.2H2O/c1-5(2)7-10(8,9)6-3-4-6;1-2;;/h5-7H,3-4H2,1-2H3;2H,1H2;2*1H2. The molecule has 7 N–H and O–H groups in total. The Bertz CT molecular complexity index is 214. The number of sulfonamides is 1. The SMILES string of the molecule is CC(C)NS(=O)(=O)C1CC1.NS.O.O. The summed E-state index contributed by atoms with van der Waals surface area (Å²) in [7, 11) is -2.94. The van der Waals surface area contributed by atoms with Crippen LogP contribution in [0, 0.1) is 0 Å². The maximum Gasteiger partial charge on any atom is 0.214 e. The van der Waals surface area contributed by atoms with Crippen LogP contribution in [0.25, 0.3) is 0 Å². The Hall–Kier alpha value is 0.140. The van der Waals surface area contributed by atoms with E-state index in [-0.39, 0.29) is 22.2 Å². The highest BCUT2D eigenvalue weighted by Gasteiger charge is 2.35. The van der Waals surface area contributed by atoms with Gasteiger partial charge >= 0.3 is 0 Å². The van der Waals surface area contributed by atoms with Crippen LogP contribution in [0.3, 0.4) is 0 Å². The second-order valence-electron chi connectivity index (χ2n) is 3.02. The third kappa shape index (κ3) is 7.54. The van der Waals surface area contributed by atoms with Crippen molar-refractivity contribution >= 4 is 22.8 Å². The van der Waals surface area contributed by atoms with Gasteiger partial charge in [0.1, 0.15) is 0 Å². The van der Waals surface area contributed by atoms with Crippen LogP contribution in [-0.2, 0) is 10.0 Å². The van der Waals surface area contributed by atoms with Crippen molar-refractivity contribution in [2.24, 2.45) is 5.14 Å². The quantitative estimate of drug-likeness (QED) is 0.531. The molecule has 0 radical (unpaired) electrons. The first-order valence-electron chi connectivity index (χ1n) is 3.79. The Balaban J connectivity index is -0.000000284. The highest BCUT2D eigenvalue weighted by molar-refractivity contribution is 7.90. The lowest BCUT2D eigenvalue weighted by atomic mass is 10.4. The largest absolute Gasteiger partial charge is 0.412 e. The smallest absolute Gasteiger partial charge is 0.214 e. The van der Waals surface area contributed by atoms with E-state index < -0.39 is 10.0 Å². The number of nitrogens with one attached hydrogen (secondary N) is 1. The molecule has 1 saturated carbocycles. The van der Waals surface area contributed by atoms with E-state index in [2.05, 4.69) is 22.7 Å². The second-order valence-corrected chi connectivity index (χ2v) is 5.01. The molecule has 0 aromatic heterocycles. The van der Waals surface area contributed by atoms with Gasteiger partial charge in [0, 0.05) is 6.04 Å². The molecule has 14 heavy (non-hydrogen) atoms. The molecule has 0 unspecified atom stereocenters. The van der Waals surface area contributed by atoms with Crippen LogP contribution in [0.2, 0.25) is 0 Å². The molecule has 0 atom stereocenters. The van der Waals surface area contributed by atoms with E-state index in [0.29, 0.717) is 0 Å². The van der Waals surface area contributed by atoms with Crippen molar-refractivity contribution in [3.05, 3.63) is 0 Å². The summed E-state index contributed by atoms with van der Waals surface area (Å²) in [6.07, 6.45) is 1.67. The summed E-state index contributed by atoms with van der Waals surface area (Å²) in [5, 5.41) is 4.11. The minimum Gasteiger partial charge on any atom is -0.412 e. The summed E-state index contributed by atoms with van der Waals surface area (Å²) >= 11 is 3.03. The van der Waals surface area contributed by atoms with E-state index in [1.807, 2.05) is 13.8 Å². The maximum atomic E-state index is 11.1. The molecule has 0 heterocycles. The van der Waals surface area contributed by atoms with E-state index in [0.717, 1.165) is 12.8 Å². The molecule has 0 aromatic carbocycles. The maximum absolute atomic E-state index is 11.1. The zero-order valence-electron chi connectivity index (χ0n) is 8.32. The zero-order valence-corrected chi connectivity index (χ0v) is 10.0. The zero-order chi connectivity index (χ0) is 9.78. The molecule has 90 valence electrons. The topological polar surface area (TPSA) is 135 Å². The van der Waals surface area contributed by atoms with Crippen LogP contribution in [0.1, 0.15) is 26.7 Å². The predicted molar refractivity (Wildman–Crippen MR) is 60.6 cm³/mol. The first-order chi connectivity index (χ1) is 5.52. The first-order valence-corrected chi connectivity index (χ1v) is 5.85. The van der Waals surface area contributed by atoms with Crippen LogP contribution in [0.4, 0.5) is 0 Å². The van der Waals surface area contributed by atoms with E-state index >= 15 is 0 Å². The summed E-state index contributed by atoms with van der Waals surface area (Å²) in [6.45, 7) is 3.67. The van der Waals surface area contributed by atoms with E-state index in [4.69, 9.17) is 0 Å². The Morgan fingerprint density at radius 2 is 1.64 bits per heavy atom. The molecule has 0 aliphatic heterocycles. The molecule has 1 aliphatic rings. The minimum absolute atomic E-state index is 0. The number of rotatable bonds is 3. The molecule has 1 rings (SSSR count). The Labute approximate surface area is 90.5 Å². The van der Waals surface area contributed by atoms with E-state index in [9.17, 15) is 8.42 Å². The van der Waals surface area contributed by atoms with Gasteiger partial charge in [-0.15, -0.1) is 12.8 Å². The fraction of sp³-hybridized carbons (Fsp3) is 1.00. The van der Waals surface area contributed by atoms with Gasteiger partial charge < -0.3 is 11.0 Å². The van der Waals surface area contributed by atoms with Gasteiger partial charge in [-0.1, -0.05) is 0 Å². The lowest BCUT2D eigenvalue weighted by Gasteiger charge is -2.07. The van der Waals surface area contributed by atoms with Crippen LogP contribution in [-0.4, -0.2) is 30.7 Å². The highest BCUT2D eigenvalue weighted by atomic mass is 32.2. The number of hydrogen-bond acceptors (Lipinski definition) is 4. The van der Waals surface area contributed by atoms with Crippen molar-refractivity contribution in [3.8, 4) is 0 Å². The molecule has 6 nitrogen and oxygen atoms in total. The third-order valence-corrected chi connectivity index (χ3v) is 3.51. The van der Waals surface area contributed by atoms with Crippen LogP contribution >= 0.6 is 12.8 Å². The van der Waals surface area contributed by atoms with E-state index in [1.54, 1.807) is 0 Å². The number of thiol groups is 1. The highest BCUT2D eigenvalue weighted by Crippen LogP contribution is 2.27. The lowest BCUT2D eigenvalue weighted by molar-refractivity contribution is 0.568. The van der Waals surface area contributed by atoms with Gasteiger partial charge in [-0.3, -0.25) is 5.14 Å². The fourth-order valence-electron chi connectivity index (χ4n) is 0.803. The molecule has 1 aliphatic carbocycles. The minimum atomic E-state index is -2.94.